The molecule has 0 N–H and O–H groups in total. The number of benzene rings is 1. The van der Waals surface area contributed by atoms with Gasteiger partial charge in [-0.05, 0) is 49.9 Å². The summed E-state index contributed by atoms with van der Waals surface area (Å²) >= 11 is 0. The number of likely N-dealkylation sites (tertiary alicyclic amines) is 1. The SMILES string of the molecule is N#Cc1ccc(N2C[C@@]3(CCN(C(=O)C4(F)CCC4)C3)CC2=O)cc1. The van der Waals surface area contributed by atoms with Crippen molar-refractivity contribution in [3.8, 4) is 6.07 Å². The molecule has 0 radical (unpaired) electrons. The zero-order chi connectivity index (χ0) is 17.7. The van der Waals surface area contributed by atoms with Crippen LogP contribution < -0.4 is 4.90 Å². The number of carbonyl (C=O) groups is 2. The average molecular weight is 341 g/mol. The quantitative estimate of drug-likeness (QED) is 0.830. The molecule has 3 fully saturated rings. The number of carbonyl (C=O) groups excluding carboxylic acids is 2. The molecule has 0 unspecified atom stereocenters. The van der Waals surface area contributed by atoms with Gasteiger partial charge in [0.15, 0.2) is 5.67 Å². The molecule has 2 amide bonds. The normalized spacial score (nSPS) is 27.4. The molecule has 1 atom stereocenters. The maximum absolute atomic E-state index is 14.4. The standard InChI is InChI=1S/C19H20FN3O2/c20-19(6-1-7-19)17(25)22-9-8-18(12-22)10-16(24)23(13-18)15-4-2-14(11-21)3-5-15/h2-5H,1,6-10,12-13H2/t18-/m0/s1. The topological polar surface area (TPSA) is 64.4 Å². The van der Waals surface area contributed by atoms with Crippen LogP contribution in [-0.4, -0.2) is 42.0 Å². The smallest absolute Gasteiger partial charge is 0.260 e. The molecule has 4 rings (SSSR count). The van der Waals surface area contributed by atoms with Gasteiger partial charge in [0, 0.05) is 37.2 Å². The second kappa shape index (κ2) is 5.55. The van der Waals surface area contributed by atoms with E-state index in [1.165, 1.54) is 0 Å². The molecule has 1 aromatic rings. The number of hydrogen-bond donors (Lipinski definition) is 0. The van der Waals surface area contributed by atoms with Gasteiger partial charge in [0.2, 0.25) is 5.91 Å². The van der Waals surface area contributed by atoms with Gasteiger partial charge >= 0.3 is 0 Å². The van der Waals surface area contributed by atoms with Gasteiger partial charge in [0.25, 0.3) is 5.91 Å². The number of amides is 2. The number of nitriles is 1. The third-order valence-corrected chi connectivity index (χ3v) is 5.88. The Morgan fingerprint density at radius 1 is 1.16 bits per heavy atom. The zero-order valence-corrected chi connectivity index (χ0v) is 14.0. The molecule has 0 aromatic heterocycles. The van der Waals surface area contributed by atoms with Gasteiger partial charge in [-0.2, -0.15) is 5.26 Å². The number of rotatable bonds is 2. The molecule has 2 saturated heterocycles. The van der Waals surface area contributed by atoms with Gasteiger partial charge in [0.1, 0.15) is 0 Å². The van der Waals surface area contributed by atoms with Gasteiger partial charge in [-0.15, -0.1) is 0 Å². The average Bonchev–Trinajstić information content (AvgIpc) is 3.15. The summed E-state index contributed by atoms with van der Waals surface area (Å²) in [5, 5.41) is 8.89. The van der Waals surface area contributed by atoms with Gasteiger partial charge in [-0.1, -0.05) is 0 Å². The van der Waals surface area contributed by atoms with Crippen LogP contribution in [0.2, 0.25) is 0 Å². The second-order valence-electron chi connectivity index (χ2n) is 7.61. The van der Waals surface area contributed by atoms with Crippen LogP contribution in [0.25, 0.3) is 0 Å². The molecule has 2 heterocycles. The summed E-state index contributed by atoms with van der Waals surface area (Å²) in [4.78, 5) is 28.3. The number of halogens is 1. The first-order chi connectivity index (χ1) is 11.9. The molecular weight excluding hydrogens is 321 g/mol. The fourth-order valence-electron chi connectivity index (χ4n) is 4.21. The van der Waals surface area contributed by atoms with Crippen LogP contribution in [-0.2, 0) is 9.59 Å². The number of nitrogens with zero attached hydrogens (tertiary/aromatic N) is 3. The van der Waals surface area contributed by atoms with E-state index in [-0.39, 0.29) is 17.2 Å². The lowest BCUT2D eigenvalue weighted by Crippen LogP contribution is -2.50. The lowest BCUT2D eigenvalue weighted by Gasteiger charge is -2.36. The van der Waals surface area contributed by atoms with Gasteiger partial charge in [-0.3, -0.25) is 9.59 Å². The monoisotopic (exact) mass is 341 g/mol. The van der Waals surface area contributed by atoms with E-state index >= 15 is 0 Å². The maximum Gasteiger partial charge on any atom is 0.260 e. The Morgan fingerprint density at radius 3 is 2.48 bits per heavy atom. The van der Waals surface area contributed by atoms with Gasteiger partial charge in [-0.25, -0.2) is 4.39 Å². The summed E-state index contributed by atoms with van der Waals surface area (Å²) < 4.78 is 14.4. The molecule has 5 nitrogen and oxygen atoms in total. The number of anilines is 1. The Hall–Kier alpha value is -2.42. The van der Waals surface area contributed by atoms with Crippen molar-refractivity contribution in [2.45, 2.75) is 37.8 Å². The highest BCUT2D eigenvalue weighted by molar-refractivity contribution is 5.96. The van der Waals surface area contributed by atoms with E-state index in [0.29, 0.717) is 44.5 Å². The summed E-state index contributed by atoms with van der Waals surface area (Å²) in [5.74, 6) is -0.363. The third-order valence-electron chi connectivity index (χ3n) is 5.88. The molecule has 1 aliphatic carbocycles. The van der Waals surface area contributed by atoms with Gasteiger partial charge < -0.3 is 9.80 Å². The first-order valence-corrected chi connectivity index (χ1v) is 8.74. The van der Waals surface area contributed by atoms with Crippen LogP contribution in [0.15, 0.2) is 24.3 Å². The minimum Gasteiger partial charge on any atom is -0.339 e. The van der Waals surface area contributed by atoms with Crippen molar-refractivity contribution in [2.24, 2.45) is 5.41 Å². The summed E-state index contributed by atoms with van der Waals surface area (Å²) in [7, 11) is 0. The Kier molecular flexibility index (Phi) is 3.57. The Bertz CT molecular complexity index is 766. The molecule has 25 heavy (non-hydrogen) atoms. The van der Waals surface area contributed by atoms with Crippen molar-refractivity contribution >= 4 is 17.5 Å². The van der Waals surface area contributed by atoms with E-state index in [1.807, 2.05) is 0 Å². The minimum atomic E-state index is -1.67. The third kappa shape index (κ3) is 2.58. The van der Waals surface area contributed by atoms with Crippen molar-refractivity contribution in [2.75, 3.05) is 24.5 Å². The predicted octanol–water partition coefficient (Wildman–Crippen LogP) is 2.41. The minimum absolute atomic E-state index is 0.0256. The van der Waals surface area contributed by atoms with Crippen molar-refractivity contribution in [3.05, 3.63) is 29.8 Å². The second-order valence-corrected chi connectivity index (χ2v) is 7.61. The maximum atomic E-state index is 14.4. The fourth-order valence-corrected chi connectivity index (χ4v) is 4.21. The highest BCUT2D eigenvalue weighted by atomic mass is 19.1. The number of hydrogen-bond acceptors (Lipinski definition) is 3. The lowest BCUT2D eigenvalue weighted by molar-refractivity contribution is -0.149. The summed E-state index contributed by atoms with van der Waals surface area (Å²) in [5.41, 5.74) is -0.620. The molecule has 1 spiro atoms. The summed E-state index contributed by atoms with van der Waals surface area (Å²) in [6.07, 6.45) is 2.53. The predicted molar refractivity (Wildman–Crippen MR) is 89.4 cm³/mol. The van der Waals surface area contributed by atoms with E-state index in [0.717, 1.165) is 18.5 Å². The van der Waals surface area contributed by atoms with E-state index < -0.39 is 5.67 Å². The molecule has 1 saturated carbocycles. The van der Waals surface area contributed by atoms with E-state index in [1.54, 1.807) is 34.1 Å². The van der Waals surface area contributed by atoms with Crippen molar-refractivity contribution in [1.29, 1.82) is 5.26 Å². The first-order valence-electron chi connectivity index (χ1n) is 8.74. The largest absolute Gasteiger partial charge is 0.339 e. The Balaban J connectivity index is 1.48. The Labute approximate surface area is 146 Å². The van der Waals surface area contributed by atoms with E-state index in [9.17, 15) is 14.0 Å². The van der Waals surface area contributed by atoms with Crippen LogP contribution in [0.4, 0.5) is 10.1 Å². The van der Waals surface area contributed by atoms with Crippen molar-refractivity contribution in [3.63, 3.8) is 0 Å². The molecule has 3 aliphatic rings. The van der Waals surface area contributed by atoms with E-state index in [4.69, 9.17) is 5.26 Å². The first kappa shape index (κ1) is 16.1. The highest BCUT2D eigenvalue weighted by Crippen LogP contribution is 2.44. The highest BCUT2D eigenvalue weighted by Gasteiger charge is 2.53. The molecule has 130 valence electrons. The zero-order valence-electron chi connectivity index (χ0n) is 14.0. The fraction of sp³-hybridized carbons (Fsp3) is 0.526. The van der Waals surface area contributed by atoms with Crippen LogP contribution in [0.5, 0.6) is 0 Å². The van der Waals surface area contributed by atoms with Crippen LogP contribution in [0.1, 0.15) is 37.7 Å². The van der Waals surface area contributed by atoms with Crippen LogP contribution in [0, 0.1) is 16.7 Å². The molecule has 0 bridgehead atoms. The van der Waals surface area contributed by atoms with Gasteiger partial charge in [0.05, 0.1) is 11.6 Å². The van der Waals surface area contributed by atoms with Crippen molar-refractivity contribution in [1.82, 2.24) is 4.90 Å². The molecular formula is C19H20FN3O2. The summed E-state index contributed by atoms with van der Waals surface area (Å²) in [6, 6.07) is 9.01. The summed E-state index contributed by atoms with van der Waals surface area (Å²) in [6.45, 7) is 1.52. The molecule has 1 aromatic carbocycles. The van der Waals surface area contributed by atoms with Crippen LogP contribution in [0.3, 0.4) is 0 Å². The van der Waals surface area contributed by atoms with Crippen molar-refractivity contribution < 1.29 is 14.0 Å². The molecule has 2 aliphatic heterocycles. The number of alkyl halides is 1. The van der Waals surface area contributed by atoms with E-state index in [2.05, 4.69) is 6.07 Å². The Morgan fingerprint density at radius 2 is 1.88 bits per heavy atom. The molecule has 6 heteroatoms. The lowest BCUT2D eigenvalue weighted by atomic mass is 9.81. The van der Waals surface area contributed by atoms with Crippen LogP contribution >= 0.6 is 0 Å².